The van der Waals surface area contributed by atoms with Crippen LogP contribution >= 0.6 is 0 Å². The zero-order valence-corrected chi connectivity index (χ0v) is 11.4. The first kappa shape index (κ1) is 14.2. The van der Waals surface area contributed by atoms with Crippen molar-refractivity contribution in [2.24, 2.45) is 0 Å². The molecule has 2 aliphatic rings. The number of ether oxygens (including phenoxy) is 1. The van der Waals surface area contributed by atoms with Gasteiger partial charge in [0.1, 0.15) is 5.60 Å². The number of rotatable bonds is 4. The first-order valence-electron chi connectivity index (χ1n) is 6.23. The minimum atomic E-state index is -3.50. The highest BCUT2D eigenvalue weighted by atomic mass is 32.2. The van der Waals surface area contributed by atoms with Crippen molar-refractivity contribution in [3.05, 3.63) is 0 Å². The number of hydrogen-bond donors (Lipinski definition) is 3. The topological polar surface area (TPSA) is 90.9 Å². The fraction of sp³-hybridized carbons (Fsp3) is 1.00. The van der Waals surface area contributed by atoms with E-state index in [0.29, 0.717) is 39.2 Å². The Labute approximate surface area is 108 Å². The van der Waals surface area contributed by atoms with Crippen molar-refractivity contribution in [3.8, 4) is 0 Å². The second-order valence-corrected chi connectivity index (χ2v) is 6.60. The molecule has 0 spiro atoms. The van der Waals surface area contributed by atoms with Crippen LogP contribution in [0.5, 0.6) is 0 Å². The van der Waals surface area contributed by atoms with Gasteiger partial charge in [-0.25, -0.2) is 0 Å². The molecule has 0 amide bonds. The second kappa shape index (κ2) is 5.40. The summed E-state index contributed by atoms with van der Waals surface area (Å²) >= 11 is 0. The lowest BCUT2D eigenvalue weighted by atomic mass is 9.97. The third kappa shape index (κ3) is 3.01. The van der Waals surface area contributed by atoms with Crippen LogP contribution in [0.3, 0.4) is 0 Å². The zero-order chi connectivity index (χ0) is 13.2. The molecule has 106 valence electrons. The molecule has 7 nitrogen and oxygen atoms in total. The Morgan fingerprint density at radius 3 is 2.72 bits per heavy atom. The number of nitrogens with one attached hydrogen (secondary N) is 2. The number of hydrogen-bond acceptors (Lipinski definition) is 5. The van der Waals surface area contributed by atoms with Gasteiger partial charge in [0.25, 0.3) is 10.2 Å². The first-order valence-corrected chi connectivity index (χ1v) is 7.67. The smallest absolute Gasteiger partial charge is 0.279 e. The van der Waals surface area contributed by atoms with E-state index in [9.17, 15) is 13.5 Å². The average Bonchev–Trinajstić information content (AvgIpc) is 2.69. The lowest BCUT2D eigenvalue weighted by molar-refractivity contribution is -0.0230. The van der Waals surface area contributed by atoms with E-state index in [1.54, 1.807) is 6.92 Å². The molecule has 2 saturated heterocycles. The number of piperazine rings is 1. The summed E-state index contributed by atoms with van der Waals surface area (Å²) in [5, 5.41) is 13.3. The van der Waals surface area contributed by atoms with Crippen molar-refractivity contribution >= 4 is 10.2 Å². The standard InChI is InChI=1S/C10H21N3O4S/c1-9-10(14,2-7-17-9)8-12-18(15,16)13-5-3-11-4-6-13/h9,11-12,14H,2-8H2,1H3. The fourth-order valence-electron chi connectivity index (χ4n) is 2.20. The van der Waals surface area contributed by atoms with Gasteiger partial charge >= 0.3 is 0 Å². The molecule has 18 heavy (non-hydrogen) atoms. The van der Waals surface area contributed by atoms with Crippen LogP contribution < -0.4 is 10.0 Å². The number of nitrogens with zero attached hydrogens (tertiary/aromatic N) is 1. The van der Waals surface area contributed by atoms with Crippen LogP contribution in [0.25, 0.3) is 0 Å². The molecule has 2 heterocycles. The van der Waals surface area contributed by atoms with E-state index in [2.05, 4.69) is 10.0 Å². The molecule has 8 heteroatoms. The predicted octanol–water partition coefficient (Wildman–Crippen LogP) is -1.73. The van der Waals surface area contributed by atoms with Crippen molar-refractivity contribution < 1.29 is 18.3 Å². The van der Waals surface area contributed by atoms with Gasteiger partial charge in [-0.1, -0.05) is 0 Å². The highest BCUT2D eigenvalue weighted by molar-refractivity contribution is 7.87. The summed E-state index contributed by atoms with van der Waals surface area (Å²) in [6.45, 7) is 4.45. The lowest BCUT2D eigenvalue weighted by Gasteiger charge is -2.30. The molecule has 2 aliphatic heterocycles. The monoisotopic (exact) mass is 279 g/mol. The van der Waals surface area contributed by atoms with E-state index < -0.39 is 15.8 Å². The third-order valence-electron chi connectivity index (χ3n) is 3.64. The first-order chi connectivity index (χ1) is 8.44. The summed E-state index contributed by atoms with van der Waals surface area (Å²) in [7, 11) is -3.50. The molecule has 0 bridgehead atoms. The maximum atomic E-state index is 12.0. The minimum Gasteiger partial charge on any atom is -0.386 e. The van der Waals surface area contributed by atoms with E-state index in [4.69, 9.17) is 4.74 Å². The van der Waals surface area contributed by atoms with Gasteiger partial charge in [0, 0.05) is 45.8 Å². The molecular weight excluding hydrogens is 258 g/mol. The summed E-state index contributed by atoms with van der Waals surface area (Å²) in [6, 6.07) is 0. The van der Waals surface area contributed by atoms with Crippen LogP contribution in [0, 0.1) is 0 Å². The SMILES string of the molecule is CC1OCCC1(O)CNS(=O)(=O)N1CCNCC1. The van der Waals surface area contributed by atoms with Crippen LogP contribution in [0.1, 0.15) is 13.3 Å². The highest BCUT2D eigenvalue weighted by Crippen LogP contribution is 2.25. The molecule has 2 unspecified atom stereocenters. The Bertz CT molecular complexity index is 383. The molecule has 3 N–H and O–H groups in total. The van der Waals surface area contributed by atoms with Gasteiger partial charge in [0.15, 0.2) is 0 Å². The summed E-state index contributed by atoms with van der Waals surface area (Å²) in [6.07, 6.45) is 0.112. The average molecular weight is 279 g/mol. The molecule has 2 atom stereocenters. The second-order valence-electron chi connectivity index (χ2n) is 4.84. The van der Waals surface area contributed by atoms with Gasteiger partial charge in [0.05, 0.1) is 6.10 Å². The van der Waals surface area contributed by atoms with E-state index in [-0.39, 0.29) is 12.6 Å². The van der Waals surface area contributed by atoms with E-state index in [0.717, 1.165) is 0 Å². The minimum absolute atomic E-state index is 0.000425. The summed E-state index contributed by atoms with van der Waals surface area (Å²) < 4.78 is 33.2. The van der Waals surface area contributed by atoms with Gasteiger partial charge in [-0.05, 0) is 6.92 Å². The molecule has 0 aromatic rings. The maximum Gasteiger partial charge on any atom is 0.279 e. The maximum absolute atomic E-state index is 12.0. The van der Waals surface area contributed by atoms with Crippen LogP contribution in [0.4, 0.5) is 0 Å². The largest absolute Gasteiger partial charge is 0.386 e. The van der Waals surface area contributed by atoms with Crippen molar-refractivity contribution in [2.75, 3.05) is 39.3 Å². The van der Waals surface area contributed by atoms with Gasteiger partial charge in [-0.15, -0.1) is 0 Å². The van der Waals surface area contributed by atoms with E-state index >= 15 is 0 Å². The fourth-order valence-corrected chi connectivity index (χ4v) is 3.47. The summed E-state index contributed by atoms with van der Waals surface area (Å²) in [5.41, 5.74) is -1.10. The molecule has 2 rings (SSSR count). The Morgan fingerprint density at radius 2 is 2.17 bits per heavy atom. The molecule has 0 aromatic heterocycles. The Balaban J connectivity index is 1.92. The van der Waals surface area contributed by atoms with Crippen molar-refractivity contribution in [1.82, 2.24) is 14.3 Å². The lowest BCUT2D eigenvalue weighted by Crippen LogP contribution is -2.54. The Morgan fingerprint density at radius 1 is 1.50 bits per heavy atom. The van der Waals surface area contributed by atoms with E-state index in [1.165, 1.54) is 4.31 Å². The van der Waals surface area contributed by atoms with Gasteiger partial charge in [-0.2, -0.15) is 17.4 Å². The van der Waals surface area contributed by atoms with Gasteiger partial charge in [-0.3, -0.25) is 0 Å². The van der Waals surface area contributed by atoms with Gasteiger partial charge in [0.2, 0.25) is 0 Å². The number of aliphatic hydroxyl groups is 1. The normalized spacial score (nSPS) is 34.9. The van der Waals surface area contributed by atoms with Crippen molar-refractivity contribution in [3.63, 3.8) is 0 Å². The molecular formula is C10H21N3O4S. The van der Waals surface area contributed by atoms with Gasteiger partial charge < -0.3 is 15.2 Å². The third-order valence-corrected chi connectivity index (χ3v) is 5.19. The zero-order valence-electron chi connectivity index (χ0n) is 10.6. The summed E-state index contributed by atoms with van der Waals surface area (Å²) in [5.74, 6) is 0. The molecule has 0 aromatic carbocycles. The molecule has 0 saturated carbocycles. The van der Waals surface area contributed by atoms with Crippen LogP contribution in [0.2, 0.25) is 0 Å². The summed E-state index contributed by atoms with van der Waals surface area (Å²) in [4.78, 5) is 0. The van der Waals surface area contributed by atoms with Crippen molar-refractivity contribution in [1.29, 1.82) is 0 Å². The van der Waals surface area contributed by atoms with E-state index in [1.807, 2.05) is 0 Å². The van der Waals surface area contributed by atoms with Crippen molar-refractivity contribution in [2.45, 2.75) is 25.0 Å². The molecule has 2 fully saturated rings. The van der Waals surface area contributed by atoms with Crippen LogP contribution in [-0.2, 0) is 14.9 Å². The highest BCUT2D eigenvalue weighted by Gasteiger charge is 2.40. The quantitative estimate of drug-likeness (QED) is 0.569. The predicted molar refractivity (Wildman–Crippen MR) is 66.3 cm³/mol. The molecule has 0 radical (unpaired) electrons. The van der Waals surface area contributed by atoms with Crippen LogP contribution in [-0.4, -0.2) is 68.9 Å². The Kier molecular flexibility index (Phi) is 4.25. The van der Waals surface area contributed by atoms with Crippen LogP contribution in [0.15, 0.2) is 0 Å². The Hall–Kier alpha value is -0.250. The molecule has 0 aliphatic carbocycles.